The third-order valence-corrected chi connectivity index (χ3v) is 5.52. The van der Waals surface area contributed by atoms with E-state index in [1.54, 1.807) is 6.26 Å². The van der Waals surface area contributed by atoms with Gasteiger partial charge in [-0.1, -0.05) is 43.2 Å². The lowest BCUT2D eigenvalue weighted by molar-refractivity contribution is 0.341. The van der Waals surface area contributed by atoms with Gasteiger partial charge in [0.15, 0.2) is 0 Å². The maximum atomic E-state index is 5.69. The van der Waals surface area contributed by atoms with Gasteiger partial charge in [0.25, 0.3) is 0 Å². The molecule has 1 heterocycles. The molecule has 2 nitrogen and oxygen atoms in total. The fourth-order valence-corrected chi connectivity index (χ4v) is 4.17. The number of benzene rings is 1. The summed E-state index contributed by atoms with van der Waals surface area (Å²) in [5.41, 5.74) is 1.28. The van der Waals surface area contributed by atoms with Crippen LogP contribution in [0.25, 0.3) is 0 Å². The van der Waals surface area contributed by atoms with E-state index in [0.29, 0.717) is 11.3 Å². The summed E-state index contributed by atoms with van der Waals surface area (Å²) >= 11 is 2.00. The van der Waals surface area contributed by atoms with E-state index in [0.717, 1.165) is 5.76 Å². The fraction of sp³-hybridized carbons (Fsp3) is 0.444. The van der Waals surface area contributed by atoms with Crippen molar-refractivity contribution >= 4 is 11.8 Å². The number of hydrogen-bond donors (Lipinski definition) is 1. The van der Waals surface area contributed by atoms with E-state index in [-0.39, 0.29) is 6.04 Å². The molecule has 0 aliphatic heterocycles. The lowest BCUT2D eigenvalue weighted by Gasteiger charge is -2.34. The highest BCUT2D eigenvalue weighted by Crippen LogP contribution is 2.31. The number of thioether (sulfide) groups is 1. The molecule has 1 aliphatic rings. The van der Waals surface area contributed by atoms with E-state index in [1.165, 1.54) is 31.2 Å². The summed E-state index contributed by atoms with van der Waals surface area (Å²) in [6.07, 6.45) is 9.26. The Morgan fingerprint density at radius 3 is 2.62 bits per heavy atom. The van der Waals surface area contributed by atoms with Crippen LogP contribution >= 0.6 is 11.8 Å². The molecule has 0 saturated heterocycles. The van der Waals surface area contributed by atoms with Crippen molar-refractivity contribution in [2.75, 3.05) is 6.26 Å². The highest BCUT2D eigenvalue weighted by Gasteiger charge is 2.28. The summed E-state index contributed by atoms with van der Waals surface area (Å²) in [4.78, 5) is 0. The summed E-state index contributed by atoms with van der Waals surface area (Å²) in [5, 5.41) is 4.57. The molecule has 3 atom stereocenters. The molecule has 1 fully saturated rings. The maximum absolute atomic E-state index is 5.69. The van der Waals surface area contributed by atoms with Gasteiger partial charge in [0, 0.05) is 11.3 Å². The Hall–Kier alpha value is -1.19. The summed E-state index contributed by atoms with van der Waals surface area (Å²) in [7, 11) is 0. The summed E-state index contributed by atoms with van der Waals surface area (Å²) < 4.78 is 5.69. The van der Waals surface area contributed by atoms with Gasteiger partial charge in [-0.25, -0.2) is 0 Å². The van der Waals surface area contributed by atoms with Crippen molar-refractivity contribution in [2.24, 2.45) is 0 Å². The van der Waals surface area contributed by atoms with Gasteiger partial charge >= 0.3 is 0 Å². The molecule has 0 bridgehead atoms. The molecule has 3 unspecified atom stereocenters. The molecule has 2 aromatic rings. The van der Waals surface area contributed by atoms with Gasteiger partial charge in [-0.05, 0) is 36.8 Å². The number of rotatable bonds is 5. The van der Waals surface area contributed by atoms with Crippen molar-refractivity contribution in [3.63, 3.8) is 0 Å². The van der Waals surface area contributed by atoms with Crippen molar-refractivity contribution < 1.29 is 4.42 Å². The molecule has 112 valence electrons. The molecule has 3 rings (SSSR count). The topological polar surface area (TPSA) is 25.2 Å². The van der Waals surface area contributed by atoms with Crippen LogP contribution in [0.2, 0.25) is 0 Å². The predicted octanol–water partition coefficient (Wildman–Crippen LogP) is 4.63. The predicted molar refractivity (Wildman–Crippen MR) is 89.7 cm³/mol. The minimum atomic E-state index is 0.152. The lowest BCUT2D eigenvalue weighted by Crippen LogP contribution is -2.42. The van der Waals surface area contributed by atoms with Crippen molar-refractivity contribution in [3.05, 3.63) is 60.1 Å². The Morgan fingerprint density at radius 1 is 1.10 bits per heavy atom. The van der Waals surface area contributed by atoms with E-state index >= 15 is 0 Å². The largest absolute Gasteiger partial charge is 0.467 e. The maximum Gasteiger partial charge on any atom is 0.125 e. The zero-order valence-electron chi connectivity index (χ0n) is 12.5. The second-order valence-corrected chi connectivity index (χ2v) is 6.77. The van der Waals surface area contributed by atoms with E-state index in [2.05, 4.69) is 48.0 Å². The normalized spacial score (nSPS) is 23.9. The first kappa shape index (κ1) is 14.7. The SMILES string of the molecule is CSC1CCCCC1NC(c1ccccc1)c1ccco1. The minimum absolute atomic E-state index is 0.152. The molecule has 0 radical (unpaired) electrons. The lowest BCUT2D eigenvalue weighted by atomic mass is 9.93. The third-order valence-electron chi connectivity index (χ3n) is 4.35. The Kier molecular flexibility index (Phi) is 5.04. The highest BCUT2D eigenvalue weighted by atomic mass is 32.2. The van der Waals surface area contributed by atoms with E-state index in [9.17, 15) is 0 Å². The van der Waals surface area contributed by atoms with E-state index < -0.39 is 0 Å². The molecule has 1 saturated carbocycles. The van der Waals surface area contributed by atoms with Crippen molar-refractivity contribution in [2.45, 2.75) is 43.0 Å². The van der Waals surface area contributed by atoms with Crippen LogP contribution in [-0.2, 0) is 0 Å². The Bertz CT molecular complexity index is 525. The van der Waals surface area contributed by atoms with Crippen LogP contribution in [0.15, 0.2) is 53.1 Å². The quantitative estimate of drug-likeness (QED) is 0.871. The number of furan rings is 1. The first-order valence-electron chi connectivity index (χ1n) is 7.75. The minimum Gasteiger partial charge on any atom is -0.467 e. The van der Waals surface area contributed by atoms with Crippen LogP contribution in [0.5, 0.6) is 0 Å². The smallest absolute Gasteiger partial charge is 0.125 e. The van der Waals surface area contributed by atoms with Gasteiger partial charge in [-0.3, -0.25) is 5.32 Å². The van der Waals surface area contributed by atoms with Crippen molar-refractivity contribution in [3.8, 4) is 0 Å². The van der Waals surface area contributed by atoms with Crippen LogP contribution in [0.1, 0.15) is 43.0 Å². The molecule has 3 heteroatoms. The number of hydrogen-bond acceptors (Lipinski definition) is 3. The summed E-state index contributed by atoms with van der Waals surface area (Å²) in [6.45, 7) is 0. The average Bonchev–Trinajstić information content (AvgIpc) is 3.08. The fourth-order valence-electron chi connectivity index (χ4n) is 3.23. The van der Waals surface area contributed by atoms with Gasteiger partial charge < -0.3 is 4.42 Å². The standard InChI is InChI=1S/C18H23NOS/c1-21-17-12-6-5-10-15(17)19-18(16-11-7-13-20-16)14-8-3-2-4-9-14/h2-4,7-9,11,13,15,17-19H,5-6,10,12H2,1H3. The van der Waals surface area contributed by atoms with Crippen LogP contribution in [-0.4, -0.2) is 17.5 Å². The average molecular weight is 301 g/mol. The van der Waals surface area contributed by atoms with Gasteiger partial charge in [0.2, 0.25) is 0 Å². The molecular weight excluding hydrogens is 278 g/mol. The molecule has 1 N–H and O–H groups in total. The van der Waals surface area contributed by atoms with Gasteiger partial charge in [0.05, 0.1) is 12.3 Å². The van der Waals surface area contributed by atoms with Crippen LogP contribution in [0.4, 0.5) is 0 Å². The zero-order chi connectivity index (χ0) is 14.5. The Morgan fingerprint density at radius 2 is 1.90 bits per heavy atom. The second kappa shape index (κ2) is 7.19. The molecule has 1 aliphatic carbocycles. The summed E-state index contributed by atoms with van der Waals surface area (Å²) in [6, 6.07) is 15.4. The van der Waals surface area contributed by atoms with Crippen LogP contribution in [0, 0.1) is 0 Å². The molecule has 1 aromatic carbocycles. The van der Waals surface area contributed by atoms with E-state index in [1.807, 2.05) is 17.8 Å². The first-order chi connectivity index (χ1) is 10.4. The third kappa shape index (κ3) is 3.53. The highest BCUT2D eigenvalue weighted by molar-refractivity contribution is 7.99. The Labute approximate surface area is 131 Å². The summed E-state index contributed by atoms with van der Waals surface area (Å²) in [5.74, 6) is 1.01. The molecular formula is C18H23NOS. The number of nitrogens with one attached hydrogen (secondary N) is 1. The van der Waals surface area contributed by atoms with Gasteiger partial charge in [0.1, 0.15) is 5.76 Å². The van der Waals surface area contributed by atoms with Crippen LogP contribution in [0.3, 0.4) is 0 Å². The molecule has 1 aromatic heterocycles. The van der Waals surface area contributed by atoms with Crippen molar-refractivity contribution in [1.29, 1.82) is 0 Å². The van der Waals surface area contributed by atoms with Crippen LogP contribution < -0.4 is 5.32 Å². The van der Waals surface area contributed by atoms with Crippen molar-refractivity contribution in [1.82, 2.24) is 5.32 Å². The monoisotopic (exact) mass is 301 g/mol. The Balaban J connectivity index is 1.82. The first-order valence-corrected chi connectivity index (χ1v) is 9.04. The van der Waals surface area contributed by atoms with Gasteiger partial charge in [-0.2, -0.15) is 11.8 Å². The molecule has 21 heavy (non-hydrogen) atoms. The molecule has 0 spiro atoms. The molecule has 0 amide bonds. The van der Waals surface area contributed by atoms with Gasteiger partial charge in [-0.15, -0.1) is 0 Å². The second-order valence-electron chi connectivity index (χ2n) is 5.69. The van der Waals surface area contributed by atoms with E-state index in [4.69, 9.17) is 4.42 Å². The zero-order valence-corrected chi connectivity index (χ0v) is 13.3.